The number of nitrogens with zero attached hydrogens (tertiary/aromatic N) is 3. The maximum Gasteiger partial charge on any atom is 0.0641 e. The molecular weight excluding hydrogens is 212 g/mol. The first kappa shape index (κ1) is 11.8. The zero-order chi connectivity index (χ0) is 12.3. The van der Waals surface area contributed by atoms with Crippen LogP contribution in [0.15, 0.2) is 30.6 Å². The number of hydrogen-bond acceptors (Lipinski definition) is 3. The molecule has 2 aromatic rings. The third-order valence-corrected chi connectivity index (χ3v) is 2.83. The molecule has 0 aliphatic rings. The maximum atomic E-state index is 4.35. The van der Waals surface area contributed by atoms with Crippen LogP contribution in [0.1, 0.15) is 29.9 Å². The van der Waals surface area contributed by atoms with Crippen LogP contribution < -0.4 is 5.32 Å². The molecule has 4 nitrogen and oxygen atoms in total. The first-order chi connectivity index (χ1) is 8.16. The molecule has 1 N–H and O–H groups in total. The summed E-state index contributed by atoms with van der Waals surface area (Å²) in [5.41, 5.74) is 3.37. The molecule has 0 radical (unpaired) electrons. The highest BCUT2D eigenvalue weighted by atomic mass is 15.3. The SMILES string of the molecule is Cc1nn(C)cc1C(C)NCc1ccccn1. The van der Waals surface area contributed by atoms with Crippen LogP contribution in [-0.2, 0) is 13.6 Å². The number of nitrogens with one attached hydrogen (secondary N) is 1. The van der Waals surface area contributed by atoms with Crippen LogP contribution in [0.5, 0.6) is 0 Å². The minimum Gasteiger partial charge on any atom is -0.304 e. The van der Waals surface area contributed by atoms with E-state index in [1.54, 1.807) is 0 Å². The Labute approximate surface area is 102 Å². The Balaban J connectivity index is 1.98. The number of pyridine rings is 1. The Hall–Kier alpha value is -1.68. The summed E-state index contributed by atoms with van der Waals surface area (Å²) in [6.07, 6.45) is 3.88. The van der Waals surface area contributed by atoms with Gasteiger partial charge in [-0.1, -0.05) is 6.07 Å². The van der Waals surface area contributed by atoms with Gasteiger partial charge in [0.05, 0.1) is 11.4 Å². The van der Waals surface area contributed by atoms with Crippen molar-refractivity contribution in [2.75, 3.05) is 0 Å². The summed E-state index contributed by atoms with van der Waals surface area (Å²) in [7, 11) is 1.95. The van der Waals surface area contributed by atoms with E-state index in [1.807, 2.05) is 43.0 Å². The second kappa shape index (κ2) is 5.10. The predicted molar refractivity (Wildman–Crippen MR) is 67.4 cm³/mol. The molecule has 1 atom stereocenters. The van der Waals surface area contributed by atoms with E-state index in [-0.39, 0.29) is 6.04 Å². The van der Waals surface area contributed by atoms with Crippen molar-refractivity contribution in [2.45, 2.75) is 26.4 Å². The Morgan fingerprint density at radius 3 is 2.82 bits per heavy atom. The van der Waals surface area contributed by atoms with E-state index in [2.05, 4.69) is 28.5 Å². The molecule has 0 aliphatic carbocycles. The summed E-state index contributed by atoms with van der Waals surface area (Å²) in [5.74, 6) is 0. The van der Waals surface area contributed by atoms with Gasteiger partial charge in [0.15, 0.2) is 0 Å². The van der Waals surface area contributed by atoms with Crippen molar-refractivity contribution in [3.63, 3.8) is 0 Å². The van der Waals surface area contributed by atoms with Gasteiger partial charge in [0.25, 0.3) is 0 Å². The zero-order valence-electron chi connectivity index (χ0n) is 10.5. The van der Waals surface area contributed by atoms with Gasteiger partial charge in [-0.05, 0) is 26.0 Å². The summed E-state index contributed by atoms with van der Waals surface area (Å²) in [4.78, 5) is 4.29. The van der Waals surface area contributed by atoms with Gasteiger partial charge in [-0.3, -0.25) is 9.67 Å². The number of rotatable bonds is 4. The molecule has 0 fully saturated rings. The highest BCUT2D eigenvalue weighted by Gasteiger charge is 2.10. The van der Waals surface area contributed by atoms with Crippen LogP contribution in [0.2, 0.25) is 0 Å². The lowest BCUT2D eigenvalue weighted by Crippen LogP contribution is -2.19. The third kappa shape index (κ3) is 2.91. The average molecular weight is 230 g/mol. The van der Waals surface area contributed by atoms with Crippen LogP contribution in [0.25, 0.3) is 0 Å². The summed E-state index contributed by atoms with van der Waals surface area (Å²) in [5, 5.41) is 7.80. The molecule has 0 aromatic carbocycles. The molecule has 2 heterocycles. The van der Waals surface area contributed by atoms with E-state index in [0.717, 1.165) is 17.9 Å². The lowest BCUT2D eigenvalue weighted by atomic mass is 10.1. The first-order valence-electron chi connectivity index (χ1n) is 5.80. The zero-order valence-corrected chi connectivity index (χ0v) is 10.5. The molecule has 90 valence electrons. The molecular formula is C13H18N4. The van der Waals surface area contributed by atoms with Crippen LogP contribution >= 0.6 is 0 Å². The van der Waals surface area contributed by atoms with Gasteiger partial charge < -0.3 is 5.32 Å². The molecule has 2 aromatic heterocycles. The van der Waals surface area contributed by atoms with Crippen LogP contribution in [-0.4, -0.2) is 14.8 Å². The maximum absolute atomic E-state index is 4.35. The average Bonchev–Trinajstić information content (AvgIpc) is 2.67. The molecule has 0 amide bonds. The standard InChI is InChI=1S/C13H18N4/c1-10(13-9-17(3)16-11(13)2)15-8-12-6-4-5-7-14-12/h4-7,9-10,15H,8H2,1-3H3. The fraction of sp³-hybridized carbons (Fsp3) is 0.385. The van der Waals surface area contributed by atoms with Crippen LogP contribution in [0, 0.1) is 6.92 Å². The molecule has 0 bridgehead atoms. The van der Waals surface area contributed by atoms with Gasteiger partial charge in [-0.25, -0.2) is 0 Å². The van der Waals surface area contributed by atoms with Crippen LogP contribution in [0.3, 0.4) is 0 Å². The lowest BCUT2D eigenvalue weighted by Gasteiger charge is -2.12. The normalized spacial score (nSPS) is 12.6. The summed E-state index contributed by atoms with van der Waals surface area (Å²) < 4.78 is 1.85. The summed E-state index contributed by atoms with van der Waals surface area (Å²) in [6, 6.07) is 6.24. The monoisotopic (exact) mass is 230 g/mol. The Morgan fingerprint density at radius 1 is 1.41 bits per heavy atom. The van der Waals surface area contributed by atoms with Crippen molar-refractivity contribution in [1.29, 1.82) is 0 Å². The van der Waals surface area contributed by atoms with Crippen molar-refractivity contribution in [3.8, 4) is 0 Å². The fourth-order valence-electron chi connectivity index (χ4n) is 1.91. The smallest absolute Gasteiger partial charge is 0.0641 e. The Morgan fingerprint density at radius 2 is 2.24 bits per heavy atom. The molecule has 1 unspecified atom stereocenters. The van der Waals surface area contributed by atoms with Crippen molar-refractivity contribution in [2.24, 2.45) is 7.05 Å². The highest BCUT2D eigenvalue weighted by molar-refractivity contribution is 5.19. The minimum absolute atomic E-state index is 0.283. The number of hydrogen-bond donors (Lipinski definition) is 1. The van der Waals surface area contributed by atoms with Gasteiger partial charge in [-0.15, -0.1) is 0 Å². The quantitative estimate of drug-likeness (QED) is 0.873. The van der Waals surface area contributed by atoms with E-state index < -0.39 is 0 Å². The van der Waals surface area contributed by atoms with Gasteiger partial charge in [-0.2, -0.15) is 5.10 Å². The van der Waals surface area contributed by atoms with E-state index in [4.69, 9.17) is 0 Å². The van der Waals surface area contributed by atoms with Gasteiger partial charge in [0.1, 0.15) is 0 Å². The Bertz CT molecular complexity index is 475. The van der Waals surface area contributed by atoms with Crippen molar-refractivity contribution < 1.29 is 0 Å². The summed E-state index contributed by atoms with van der Waals surface area (Å²) >= 11 is 0. The van der Waals surface area contributed by atoms with Gasteiger partial charge in [0, 0.05) is 37.6 Å². The first-order valence-corrected chi connectivity index (χ1v) is 5.80. The van der Waals surface area contributed by atoms with E-state index in [1.165, 1.54) is 5.56 Å². The van der Waals surface area contributed by atoms with Gasteiger partial charge in [0.2, 0.25) is 0 Å². The third-order valence-electron chi connectivity index (χ3n) is 2.83. The molecule has 17 heavy (non-hydrogen) atoms. The summed E-state index contributed by atoms with van der Waals surface area (Å²) in [6.45, 7) is 4.96. The predicted octanol–water partition coefficient (Wildman–Crippen LogP) is 1.97. The number of aryl methyl sites for hydroxylation is 2. The van der Waals surface area contributed by atoms with E-state index in [0.29, 0.717) is 0 Å². The fourth-order valence-corrected chi connectivity index (χ4v) is 1.91. The molecule has 0 saturated heterocycles. The van der Waals surface area contributed by atoms with Crippen molar-refractivity contribution in [1.82, 2.24) is 20.1 Å². The van der Waals surface area contributed by atoms with Gasteiger partial charge >= 0.3 is 0 Å². The minimum atomic E-state index is 0.283. The van der Waals surface area contributed by atoms with E-state index >= 15 is 0 Å². The molecule has 0 saturated carbocycles. The lowest BCUT2D eigenvalue weighted by molar-refractivity contribution is 0.565. The largest absolute Gasteiger partial charge is 0.304 e. The second-order valence-corrected chi connectivity index (χ2v) is 4.27. The van der Waals surface area contributed by atoms with Crippen molar-refractivity contribution >= 4 is 0 Å². The molecule has 0 spiro atoms. The molecule has 2 rings (SSSR count). The number of aromatic nitrogens is 3. The molecule has 0 aliphatic heterocycles. The van der Waals surface area contributed by atoms with E-state index in [9.17, 15) is 0 Å². The Kier molecular flexibility index (Phi) is 3.54. The highest BCUT2D eigenvalue weighted by Crippen LogP contribution is 2.15. The molecule has 4 heteroatoms. The topological polar surface area (TPSA) is 42.7 Å². The van der Waals surface area contributed by atoms with Crippen molar-refractivity contribution in [3.05, 3.63) is 47.5 Å². The van der Waals surface area contributed by atoms with Crippen LogP contribution in [0.4, 0.5) is 0 Å². The second-order valence-electron chi connectivity index (χ2n) is 4.27.